The van der Waals surface area contributed by atoms with Crippen molar-refractivity contribution in [1.29, 1.82) is 0 Å². The summed E-state index contributed by atoms with van der Waals surface area (Å²) in [5.74, 6) is 0. The molecule has 0 N–H and O–H groups in total. The van der Waals surface area contributed by atoms with Crippen LogP contribution in [0.3, 0.4) is 0 Å². The number of nitrogens with zero attached hydrogens (tertiary/aromatic N) is 4. The summed E-state index contributed by atoms with van der Waals surface area (Å²) in [6.07, 6.45) is 8.64. The maximum Gasteiger partial charge on any atom is 0.331 e. The van der Waals surface area contributed by atoms with E-state index in [2.05, 4.69) is 9.98 Å². The fourth-order valence-electron chi connectivity index (χ4n) is 2.61. The monoisotopic (exact) mass is 284 g/mol. The van der Waals surface area contributed by atoms with E-state index in [0.29, 0.717) is 24.0 Å². The van der Waals surface area contributed by atoms with Crippen molar-refractivity contribution < 1.29 is 0 Å². The Kier molecular flexibility index (Phi) is 3.08. The van der Waals surface area contributed by atoms with Crippen LogP contribution in [0.1, 0.15) is 6.92 Å². The number of aliphatic imine (C=N–C) groups is 1. The molecule has 2 aromatic heterocycles. The minimum absolute atomic E-state index is 0.301. The predicted octanol–water partition coefficient (Wildman–Crippen LogP) is 0.742. The number of allylic oxidation sites excluding steroid dienone is 1. The first kappa shape index (κ1) is 13.5. The van der Waals surface area contributed by atoms with E-state index in [9.17, 15) is 9.59 Å². The van der Waals surface area contributed by atoms with E-state index in [0.717, 1.165) is 0 Å². The molecule has 3 rings (SSSR count). The van der Waals surface area contributed by atoms with Crippen LogP contribution in [0.5, 0.6) is 0 Å². The van der Waals surface area contributed by atoms with Crippen LogP contribution in [0.15, 0.2) is 45.2 Å². The first-order chi connectivity index (χ1) is 10.0. The van der Waals surface area contributed by atoms with Gasteiger partial charge in [-0.05, 0) is 12.1 Å². The van der Waals surface area contributed by atoms with Crippen molar-refractivity contribution >= 4 is 17.1 Å². The highest BCUT2D eigenvalue weighted by Crippen LogP contribution is 2.22. The molecule has 0 aromatic carbocycles. The molecule has 1 atom stereocenters. The molecule has 0 aliphatic carbocycles. The van der Waals surface area contributed by atoms with Gasteiger partial charge in [0.2, 0.25) is 0 Å². The van der Waals surface area contributed by atoms with E-state index in [-0.39, 0.29) is 16.7 Å². The van der Waals surface area contributed by atoms with Crippen LogP contribution in [0.25, 0.3) is 10.9 Å². The van der Waals surface area contributed by atoms with Crippen LogP contribution in [0, 0.1) is 5.41 Å². The summed E-state index contributed by atoms with van der Waals surface area (Å²) in [6.45, 7) is 2.85. The van der Waals surface area contributed by atoms with E-state index >= 15 is 0 Å². The summed E-state index contributed by atoms with van der Waals surface area (Å²) in [6, 6.07) is 1.68. The molecule has 1 aliphatic rings. The van der Waals surface area contributed by atoms with Gasteiger partial charge in [-0.3, -0.25) is 23.9 Å². The second kappa shape index (κ2) is 4.80. The zero-order valence-corrected chi connectivity index (χ0v) is 12.0. The summed E-state index contributed by atoms with van der Waals surface area (Å²) in [5.41, 5.74) is -0.354. The molecule has 0 spiro atoms. The molecule has 0 bridgehead atoms. The van der Waals surface area contributed by atoms with Crippen molar-refractivity contribution in [3.8, 4) is 0 Å². The molecule has 6 heteroatoms. The lowest BCUT2D eigenvalue weighted by Crippen LogP contribution is -2.43. The van der Waals surface area contributed by atoms with E-state index in [4.69, 9.17) is 0 Å². The largest absolute Gasteiger partial charge is 0.331 e. The van der Waals surface area contributed by atoms with Crippen LogP contribution in [-0.2, 0) is 13.6 Å². The second-order valence-corrected chi connectivity index (χ2v) is 5.63. The Morgan fingerprint density at radius 3 is 2.90 bits per heavy atom. The average Bonchev–Trinajstić information content (AvgIpc) is 2.50. The number of pyridine rings is 1. The van der Waals surface area contributed by atoms with Gasteiger partial charge in [-0.15, -0.1) is 0 Å². The normalized spacial score (nSPS) is 21.0. The number of aromatic nitrogens is 3. The lowest BCUT2D eigenvalue weighted by molar-refractivity contribution is 0.351. The minimum Gasteiger partial charge on any atom is -0.296 e. The van der Waals surface area contributed by atoms with Gasteiger partial charge >= 0.3 is 5.69 Å². The van der Waals surface area contributed by atoms with Gasteiger partial charge in [0.25, 0.3) is 5.56 Å². The van der Waals surface area contributed by atoms with Crippen molar-refractivity contribution in [2.24, 2.45) is 17.5 Å². The Labute approximate surface area is 121 Å². The Hall–Kier alpha value is -2.50. The van der Waals surface area contributed by atoms with Gasteiger partial charge in [0.1, 0.15) is 0 Å². The highest BCUT2D eigenvalue weighted by atomic mass is 16.2. The molecular weight excluding hydrogens is 268 g/mol. The van der Waals surface area contributed by atoms with Gasteiger partial charge in [-0.1, -0.05) is 13.0 Å². The predicted molar refractivity (Wildman–Crippen MR) is 81.9 cm³/mol. The maximum atomic E-state index is 12.6. The van der Waals surface area contributed by atoms with E-state index in [1.165, 1.54) is 15.3 Å². The van der Waals surface area contributed by atoms with Crippen LogP contribution in [0.4, 0.5) is 0 Å². The van der Waals surface area contributed by atoms with Crippen molar-refractivity contribution in [2.75, 3.05) is 6.54 Å². The number of hydrogen-bond donors (Lipinski definition) is 0. The average molecular weight is 284 g/mol. The molecule has 3 heterocycles. The summed E-state index contributed by atoms with van der Waals surface area (Å²) in [7, 11) is 1.66. The van der Waals surface area contributed by atoms with E-state index in [1.807, 2.05) is 19.1 Å². The molecule has 0 amide bonds. The third-order valence-electron chi connectivity index (χ3n) is 3.81. The van der Waals surface area contributed by atoms with Crippen LogP contribution < -0.4 is 11.2 Å². The number of rotatable bonds is 2. The molecule has 6 nitrogen and oxygen atoms in total. The molecule has 21 heavy (non-hydrogen) atoms. The summed E-state index contributed by atoms with van der Waals surface area (Å²) < 4.78 is 2.76. The second-order valence-electron chi connectivity index (χ2n) is 5.63. The van der Waals surface area contributed by atoms with Gasteiger partial charge < -0.3 is 0 Å². The quantitative estimate of drug-likeness (QED) is 0.817. The van der Waals surface area contributed by atoms with Crippen molar-refractivity contribution in [1.82, 2.24) is 14.1 Å². The van der Waals surface area contributed by atoms with Crippen LogP contribution in [-0.4, -0.2) is 26.9 Å². The van der Waals surface area contributed by atoms with Gasteiger partial charge in [-0.2, -0.15) is 0 Å². The third kappa shape index (κ3) is 2.22. The van der Waals surface area contributed by atoms with Crippen LogP contribution in [0.2, 0.25) is 0 Å². The molecule has 108 valence electrons. The number of dihydropyridines is 1. The van der Waals surface area contributed by atoms with Gasteiger partial charge in [0.15, 0.2) is 0 Å². The van der Waals surface area contributed by atoms with Crippen molar-refractivity contribution in [3.05, 3.63) is 51.5 Å². The summed E-state index contributed by atoms with van der Waals surface area (Å²) in [5, 5.41) is 0.450. The SMILES string of the molecule is Cn1c(=O)n(CC2(C)C=CC=NC2)c(=O)c2cnccc21. The zero-order valence-electron chi connectivity index (χ0n) is 12.0. The standard InChI is InChI=1S/C15H16N4O2/c1-15(5-3-6-17-9-15)10-19-13(20)11-8-16-7-4-12(11)18(2)14(19)21/h3-8H,9-10H2,1-2H3. The number of hydrogen-bond acceptors (Lipinski definition) is 4. The van der Waals surface area contributed by atoms with E-state index in [1.54, 1.807) is 25.5 Å². The number of aryl methyl sites for hydroxylation is 1. The highest BCUT2D eigenvalue weighted by Gasteiger charge is 2.25. The Morgan fingerprint density at radius 1 is 1.38 bits per heavy atom. The maximum absolute atomic E-state index is 12.6. The minimum atomic E-state index is -0.333. The number of fused-ring (bicyclic) bond motifs is 1. The van der Waals surface area contributed by atoms with Gasteiger partial charge in [0.05, 0.1) is 10.9 Å². The Morgan fingerprint density at radius 2 is 2.19 bits per heavy atom. The lowest BCUT2D eigenvalue weighted by Gasteiger charge is -2.26. The van der Waals surface area contributed by atoms with E-state index < -0.39 is 0 Å². The van der Waals surface area contributed by atoms with Gasteiger partial charge in [0, 0.05) is 44.2 Å². The summed E-state index contributed by atoms with van der Waals surface area (Å²) in [4.78, 5) is 33.2. The molecular formula is C15H16N4O2. The lowest BCUT2D eigenvalue weighted by atomic mass is 9.89. The Balaban J connectivity index is 2.20. The first-order valence-corrected chi connectivity index (χ1v) is 6.73. The topological polar surface area (TPSA) is 69.2 Å². The van der Waals surface area contributed by atoms with Crippen molar-refractivity contribution in [3.63, 3.8) is 0 Å². The Bertz CT molecular complexity index is 875. The molecule has 0 radical (unpaired) electrons. The summed E-state index contributed by atoms with van der Waals surface area (Å²) >= 11 is 0. The first-order valence-electron chi connectivity index (χ1n) is 6.73. The molecule has 0 fully saturated rings. The smallest absolute Gasteiger partial charge is 0.296 e. The highest BCUT2D eigenvalue weighted by molar-refractivity contribution is 5.76. The molecule has 0 saturated heterocycles. The van der Waals surface area contributed by atoms with Crippen molar-refractivity contribution in [2.45, 2.75) is 13.5 Å². The van der Waals surface area contributed by atoms with Gasteiger partial charge in [-0.25, -0.2) is 4.79 Å². The fraction of sp³-hybridized carbons (Fsp3) is 0.333. The van der Waals surface area contributed by atoms with Crippen LogP contribution >= 0.6 is 0 Å². The fourth-order valence-corrected chi connectivity index (χ4v) is 2.61. The zero-order chi connectivity index (χ0) is 15.0. The molecule has 2 aromatic rings. The molecule has 0 saturated carbocycles. The third-order valence-corrected chi connectivity index (χ3v) is 3.81. The molecule has 1 aliphatic heterocycles. The molecule has 1 unspecified atom stereocenters.